The van der Waals surface area contributed by atoms with Crippen LogP contribution in [0.3, 0.4) is 0 Å². The molecule has 2 unspecified atom stereocenters. The highest BCUT2D eigenvalue weighted by Gasteiger charge is 2.19. The first kappa shape index (κ1) is 15.8. The second-order valence-corrected chi connectivity index (χ2v) is 5.68. The van der Waals surface area contributed by atoms with Crippen LogP contribution in [-0.2, 0) is 0 Å². The van der Waals surface area contributed by atoms with Crippen molar-refractivity contribution < 1.29 is 5.11 Å². The zero-order valence-corrected chi connectivity index (χ0v) is 12.6. The summed E-state index contributed by atoms with van der Waals surface area (Å²) in [6, 6.07) is 5.83. The van der Waals surface area contributed by atoms with Gasteiger partial charge in [-0.05, 0) is 37.5 Å². The van der Waals surface area contributed by atoms with Gasteiger partial charge in [0.25, 0.3) is 0 Å². The van der Waals surface area contributed by atoms with Crippen LogP contribution in [0.25, 0.3) is 0 Å². The number of aliphatic hydroxyl groups is 1. The molecule has 2 nitrogen and oxygen atoms in total. The predicted octanol–water partition coefficient (Wildman–Crippen LogP) is 4.20. The Labute approximate surface area is 119 Å². The number of rotatable bonds is 6. The zero-order valence-electron chi connectivity index (χ0n) is 11.1. The third-order valence-electron chi connectivity index (χ3n) is 3.25. The maximum atomic E-state index is 10.0. The van der Waals surface area contributed by atoms with E-state index in [1.807, 2.05) is 32.0 Å². The molecule has 102 valence electrons. The highest BCUT2D eigenvalue weighted by Crippen LogP contribution is 2.27. The van der Waals surface area contributed by atoms with E-state index in [1.54, 1.807) is 0 Å². The van der Waals surface area contributed by atoms with Gasteiger partial charge in [0, 0.05) is 12.6 Å². The summed E-state index contributed by atoms with van der Waals surface area (Å²) in [5, 5.41) is 14.5. The molecule has 0 saturated carbocycles. The molecular weight excluding hydrogens is 269 g/mol. The first-order chi connectivity index (χ1) is 8.39. The number of benzene rings is 1. The first-order valence-electron chi connectivity index (χ1n) is 6.30. The van der Waals surface area contributed by atoms with Crippen LogP contribution in [0.5, 0.6) is 0 Å². The lowest BCUT2D eigenvalue weighted by Gasteiger charge is -2.26. The van der Waals surface area contributed by atoms with E-state index in [2.05, 4.69) is 12.2 Å². The van der Waals surface area contributed by atoms with Crippen LogP contribution in [0.4, 0.5) is 0 Å². The Morgan fingerprint density at radius 1 is 1.28 bits per heavy atom. The lowest BCUT2D eigenvalue weighted by molar-refractivity contribution is 0.0526. The van der Waals surface area contributed by atoms with E-state index < -0.39 is 5.60 Å². The molecule has 1 aromatic carbocycles. The monoisotopic (exact) mass is 289 g/mol. The summed E-state index contributed by atoms with van der Waals surface area (Å²) >= 11 is 11.9. The average Bonchev–Trinajstić information content (AvgIpc) is 2.34. The molecule has 0 aliphatic carbocycles. The molecule has 0 aromatic heterocycles. The van der Waals surface area contributed by atoms with Crippen LogP contribution >= 0.6 is 23.2 Å². The molecule has 0 fully saturated rings. The van der Waals surface area contributed by atoms with Crippen molar-refractivity contribution in [1.82, 2.24) is 5.32 Å². The van der Waals surface area contributed by atoms with Gasteiger partial charge in [-0.3, -0.25) is 0 Å². The van der Waals surface area contributed by atoms with Crippen molar-refractivity contribution in [3.63, 3.8) is 0 Å². The smallest absolute Gasteiger partial charge is 0.0741 e. The number of halogens is 2. The molecule has 0 heterocycles. The van der Waals surface area contributed by atoms with Crippen molar-refractivity contribution in [2.75, 3.05) is 6.54 Å². The van der Waals surface area contributed by atoms with Gasteiger partial charge in [-0.1, -0.05) is 43.1 Å². The van der Waals surface area contributed by atoms with Gasteiger partial charge in [0.05, 0.1) is 15.6 Å². The SMILES string of the molecule is CCC(NCC(C)(O)CC)c1ccc(Cl)c(Cl)c1. The molecule has 0 aliphatic rings. The molecule has 2 N–H and O–H groups in total. The number of nitrogens with one attached hydrogen (secondary N) is 1. The fraction of sp³-hybridized carbons (Fsp3) is 0.571. The Balaban J connectivity index is 2.74. The molecule has 18 heavy (non-hydrogen) atoms. The van der Waals surface area contributed by atoms with Crippen molar-refractivity contribution in [1.29, 1.82) is 0 Å². The Morgan fingerprint density at radius 2 is 1.94 bits per heavy atom. The minimum Gasteiger partial charge on any atom is -0.389 e. The summed E-state index contributed by atoms with van der Waals surface area (Å²) in [7, 11) is 0. The fourth-order valence-electron chi connectivity index (χ4n) is 1.70. The number of hydrogen-bond acceptors (Lipinski definition) is 2. The summed E-state index contributed by atoms with van der Waals surface area (Å²) in [5.41, 5.74) is 0.419. The fourth-order valence-corrected chi connectivity index (χ4v) is 2.00. The van der Waals surface area contributed by atoms with Gasteiger partial charge in [0.2, 0.25) is 0 Å². The third-order valence-corrected chi connectivity index (χ3v) is 3.98. The molecule has 0 amide bonds. The largest absolute Gasteiger partial charge is 0.389 e. The van der Waals surface area contributed by atoms with Gasteiger partial charge >= 0.3 is 0 Å². The normalized spacial score (nSPS) is 16.3. The molecular formula is C14H21Cl2NO. The standard InChI is InChI=1S/C14H21Cl2NO/c1-4-13(17-9-14(3,18)5-2)10-6-7-11(15)12(16)8-10/h6-8,13,17-18H,4-5,9H2,1-3H3. The van der Waals surface area contributed by atoms with Crippen molar-refractivity contribution >= 4 is 23.2 Å². The molecule has 1 aromatic rings. The molecule has 0 spiro atoms. The minimum atomic E-state index is -0.677. The molecule has 0 radical (unpaired) electrons. The molecule has 0 bridgehead atoms. The summed E-state index contributed by atoms with van der Waals surface area (Å²) in [6.07, 6.45) is 1.65. The Kier molecular flexibility index (Phi) is 5.93. The van der Waals surface area contributed by atoms with E-state index in [0.717, 1.165) is 18.4 Å². The van der Waals surface area contributed by atoms with Crippen molar-refractivity contribution in [2.24, 2.45) is 0 Å². The third kappa shape index (κ3) is 4.43. The molecule has 0 aliphatic heterocycles. The second kappa shape index (κ2) is 6.76. The van der Waals surface area contributed by atoms with Crippen LogP contribution in [0, 0.1) is 0 Å². The quantitative estimate of drug-likeness (QED) is 0.823. The molecule has 4 heteroatoms. The van der Waals surface area contributed by atoms with Crippen molar-refractivity contribution in [3.05, 3.63) is 33.8 Å². The van der Waals surface area contributed by atoms with E-state index >= 15 is 0 Å². The summed E-state index contributed by atoms with van der Waals surface area (Å²) in [6.45, 7) is 6.46. The van der Waals surface area contributed by atoms with E-state index in [9.17, 15) is 5.11 Å². The van der Waals surface area contributed by atoms with E-state index in [1.165, 1.54) is 0 Å². The van der Waals surface area contributed by atoms with E-state index in [4.69, 9.17) is 23.2 Å². The Hall–Kier alpha value is -0.280. The van der Waals surface area contributed by atoms with Crippen LogP contribution in [0.1, 0.15) is 45.2 Å². The summed E-state index contributed by atoms with van der Waals surface area (Å²) in [4.78, 5) is 0. The highest BCUT2D eigenvalue weighted by atomic mass is 35.5. The van der Waals surface area contributed by atoms with Gasteiger partial charge < -0.3 is 10.4 Å². The van der Waals surface area contributed by atoms with Crippen LogP contribution in [0.15, 0.2) is 18.2 Å². The molecule has 0 saturated heterocycles. The maximum absolute atomic E-state index is 10.0. The van der Waals surface area contributed by atoms with Crippen LogP contribution in [-0.4, -0.2) is 17.3 Å². The van der Waals surface area contributed by atoms with E-state index in [0.29, 0.717) is 16.6 Å². The van der Waals surface area contributed by atoms with Crippen molar-refractivity contribution in [2.45, 2.75) is 45.3 Å². The predicted molar refractivity (Wildman–Crippen MR) is 78.4 cm³/mol. The zero-order chi connectivity index (χ0) is 13.8. The van der Waals surface area contributed by atoms with Gasteiger partial charge in [0.1, 0.15) is 0 Å². The average molecular weight is 290 g/mol. The van der Waals surface area contributed by atoms with E-state index in [-0.39, 0.29) is 6.04 Å². The Bertz CT molecular complexity index is 393. The minimum absolute atomic E-state index is 0.179. The molecule has 1 rings (SSSR count). The van der Waals surface area contributed by atoms with Crippen molar-refractivity contribution in [3.8, 4) is 0 Å². The lowest BCUT2D eigenvalue weighted by Crippen LogP contribution is -2.38. The summed E-state index contributed by atoms with van der Waals surface area (Å²) in [5.74, 6) is 0. The Morgan fingerprint density at radius 3 is 2.44 bits per heavy atom. The highest BCUT2D eigenvalue weighted by molar-refractivity contribution is 6.42. The van der Waals surface area contributed by atoms with Gasteiger partial charge in [0.15, 0.2) is 0 Å². The first-order valence-corrected chi connectivity index (χ1v) is 7.06. The summed E-state index contributed by atoms with van der Waals surface area (Å²) < 4.78 is 0. The van der Waals surface area contributed by atoms with Crippen LogP contribution < -0.4 is 5.32 Å². The van der Waals surface area contributed by atoms with Gasteiger partial charge in [-0.2, -0.15) is 0 Å². The lowest BCUT2D eigenvalue weighted by atomic mass is 10.0. The molecule has 2 atom stereocenters. The van der Waals surface area contributed by atoms with Gasteiger partial charge in [-0.25, -0.2) is 0 Å². The topological polar surface area (TPSA) is 32.3 Å². The number of hydrogen-bond donors (Lipinski definition) is 2. The second-order valence-electron chi connectivity index (χ2n) is 4.87. The maximum Gasteiger partial charge on any atom is 0.0741 e. The van der Waals surface area contributed by atoms with Gasteiger partial charge in [-0.15, -0.1) is 0 Å². The van der Waals surface area contributed by atoms with Crippen LogP contribution in [0.2, 0.25) is 10.0 Å².